The van der Waals surface area contributed by atoms with Crippen LogP contribution in [0.1, 0.15) is 20.8 Å². The monoisotopic (exact) mass is 290 g/mol. The average Bonchev–Trinajstić information content (AvgIpc) is 2.24. The molecule has 0 aromatic heterocycles. The van der Waals surface area contributed by atoms with E-state index in [4.69, 9.17) is 17.3 Å². The molecule has 0 atom stereocenters. The molecule has 18 heavy (non-hydrogen) atoms. The van der Waals surface area contributed by atoms with Gasteiger partial charge in [-0.15, -0.1) is 0 Å². The number of benzene rings is 1. The Bertz CT molecular complexity index is 515. The SMILES string of the molecule is CCN(CC(C)C)S(=O)(=O)c1ccc(N)cc1Cl. The number of anilines is 1. The first-order chi connectivity index (χ1) is 8.28. The number of nitrogens with zero attached hydrogens (tertiary/aromatic N) is 1. The quantitative estimate of drug-likeness (QED) is 0.848. The zero-order chi connectivity index (χ0) is 13.9. The normalized spacial score (nSPS) is 12.3. The van der Waals surface area contributed by atoms with Crippen molar-refractivity contribution in [2.45, 2.75) is 25.7 Å². The van der Waals surface area contributed by atoms with E-state index in [-0.39, 0.29) is 15.8 Å². The molecule has 0 aliphatic rings. The van der Waals surface area contributed by atoms with E-state index in [0.717, 1.165) is 0 Å². The summed E-state index contributed by atoms with van der Waals surface area (Å²) < 4.78 is 26.3. The summed E-state index contributed by atoms with van der Waals surface area (Å²) in [7, 11) is -3.55. The van der Waals surface area contributed by atoms with Crippen LogP contribution in [0.4, 0.5) is 5.69 Å². The second-order valence-electron chi connectivity index (χ2n) is 4.54. The number of nitrogens with two attached hydrogens (primary N) is 1. The van der Waals surface area contributed by atoms with Crippen LogP contribution < -0.4 is 5.73 Å². The Morgan fingerprint density at radius 1 is 1.39 bits per heavy atom. The highest BCUT2D eigenvalue weighted by Crippen LogP contribution is 2.26. The summed E-state index contributed by atoms with van der Waals surface area (Å²) in [5, 5.41) is 0.164. The molecule has 0 saturated heterocycles. The molecule has 6 heteroatoms. The van der Waals surface area contributed by atoms with E-state index in [0.29, 0.717) is 18.8 Å². The summed E-state index contributed by atoms with van der Waals surface area (Å²) in [6.45, 7) is 6.65. The Morgan fingerprint density at radius 3 is 2.44 bits per heavy atom. The molecule has 0 spiro atoms. The molecule has 0 amide bonds. The Labute approximate surface area is 114 Å². The van der Waals surface area contributed by atoms with Gasteiger partial charge < -0.3 is 5.73 Å². The molecule has 0 aliphatic heterocycles. The molecule has 0 bridgehead atoms. The summed E-state index contributed by atoms with van der Waals surface area (Å²) in [6.07, 6.45) is 0. The van der Waals surface area contributed by atoms with Crippen LogP contribution in [0, 0.1) is 5.92 Å². The van der Waals surface area contributed by atoms with Gasteiger partial charge >= 0.3 is 0 Å². The minimum atomic E-state index is -3.55. The lowest BCUT2D eigenvalue weighted by atomic mass is 10.2. The number of hydrogen-bond acceptors (Lipinski definition) is 3. The van der Waals surface area contributed by atoms with E-state index in [1.165, 1.54) is 16.4 Å². The molecule has 1 aromatic rings. The van der Waals surface area contributed by atoms with Crippen molar-refractivity contribution in [1.82, 2.24) is 4.31 Å². The van der Waals surface area contributed by atoms with E-state index in [1.54, 1.807) is 6.07 Å². The van der Waals surface area contributed by atoms with Crippen molar-refractivity contribution in [3.8, 4) is 0 Å². The van der Waals surface area contributed by atoms with Crippen LogP contribution in [0.25, 0.3) is 0 Å². The van der Waals surface area contributed by atoms with Crippen molar-refractivity contribution in [3.05, 3.63) is 23.2 Å². The molecular formula is C12H19ClN2O2S. The van der Waals surface area contributed by atoms with Gasteiger partial charge in [0.05, 0.1) is 5.02 Å². The van der Waals surface area contributed by atoms with Crippen molar-refractivity contribution < 1.29 is 8.42 Å². The highest BCUT2D eigenvalue weighted by molar-refractivity contribution is 7.89. The highest BCUT2D eigenvalue weighted by atomic mass is 35.5. The third-order valence-corrected chi connectivity index (χ3v) is 4.92. The summed E-state index contributed by atoms with van der Waals surface area (Å²) in [5.74, 6) is 0.257. The van der Waals surface area contributed by atoms with Gasteiger partial charge in [-0.3, -0.25) is 0 Å². The standard InChI is InChI=1S/C12H19ClN2O2S/c1-4-15(8-9(2)3)18(16,17)12-6-5-10(14)7-11(12)13/h5-7,9H,4,8,14H2,1-3H3. The third-order valence-electron chi connectivity index (χ3n) is 2.50. The minimum absolute atomic E-state index is 0.112. The molecule has 102 valence electrons. The van der Waals surface area contributed by atoms with Crippen LogP contribution in [0.5, 0.6) is 0 Å². The predicted octanol–water partition coefficient (Wildman–Crippen LogP) is 2.59. The molecular weight excluding hydrogens is 272 g/mol. The van der Waals surface area contributed by atoms with Gasteiger partial charge in [0.25, 0.3) is 0 Å². The molecule has 4 nitrogen and oxygen atoms in total. The fraction of sp³-hybridized carbons (Fsp3) is 0.500. The third kappa shape index (κ3) is 3.37. The van der Waals surface area contributed by atoms with E-state index in [1.807, 2.05) is 20.8 Å². The number of hydrogen-bond donors (Lipinski definition) is 1. The van der Waals surface area contributed by atoms with Crippen molar-refractivity contribution in [3.63, 3.8) is 0 Å². The number of sulfonamides is 1. The van der Waals surface area contributed by atoms with Crippen LogP contribution in [0.2, 0.25) is 5.02 Å². The maximum Gasteiger partial charge on any atom is 0.244 e. The molecule has 1 rings (SSSR count). The number of nitrogen functional groups attached to an aromatic ring is 1. The van der Waals surface area contributed by atoms with Crippen LogP contribution in [-0.2, 0) is 10.0 Å². The Morgan fingerprint density at radius 2 is 2.00 bits per heavy atom. The van der Waals surface area contributed by atoms with Crippen molar-refractivity contribution in [2.75, 3.05) is 18.8 Å². The molecule has 0 fully saturated rings. The van der Waals surface area contributed by atoms with Gasteiger partial charge in [-0.05, 0) is 24.1 Å². The van der Waals surface area contributed by atoms with Crippen molar-refractivity contribution >= 4 is 27.3 Å². The zero-order valence-electron chi connectivity index (χ0n) is 10.9. The average molecular weight is 291 g/mol. The van der Waals surface area contributed by atoms with E-state index in [2.05, 4.69) is 0 Å². The van der Waals surface area contributed by atoms with Gasteiger partial charge in [-0.1, -0.05) is 32.4 Å². The first-order valence-electron chi connectivity index (χ1n) is 5.84. The van der Waals surface area contributed by atoms with E-state index in [9.17, 15) is 8.42 Å². The van der Waals surface area contributed by atoms with Crippen LogP contribution in [0.3, 0.4) is 0 Å². The van der Waals surface area contributed by atoms with E-state index < -0.39 is 10.0 Å². The van der Waals surface area contributed by atoms with Gasteiger partial charge in [0.2, 0.25) is 10.0 Å². The van der Waals surface area contributed by atoms with Crippen LogP contribution in [0.15, 0.2) is 23.1 Å². The fourth-order valence-electron chi connectivity index (χ4n) is 1.67. The lowest BCUT2D eigenvalue weighted by Gasteiger charge is -2.23. The Hall–Kier alpha value is -0.780. The smallest absolute Gasteiger partial charge is 0.244 e. The first-order valence-corrected chi connectivity index (χ1v) is 7.66. The van der Waals surface area contributed by atoms with Gasteiger partial charge in [-0.25, -0.2) is 8.42 Å². The lowest BCUT2D eigenvalue weighted by Crippen LogP contribution is -2.34. The van der Waals surface area contributed by atoms with Crippen LogP contribution in [-0.4, -0.2) is 25.8 Å². The number of halogens is 1. The summed E-state index contributed by atoms with van der Waals surface area (Å²) in [5.41, 5.74) is 6.02. The highest BCUT2D eigenvalue weighted by Gasteiger charge is 2.25. The van der Waals surface area contributed by atoms with Crippen molar-refractivity contribution in [2.24, 2.45) is 5.92 Å². The second kappa shape index (κ2) is 5.91. The Balaban J connectivity index is 3.19. The zero-order valence-corrected chi connectivity index (χ0v) is 12.4. The second-order valence-corrected chi connectivity index (χ2v) is 6.85. The molecule has 0 saturated carbocycles. The predicted molar refractivity (Wildman–Crippen MR) is 75.1 cm³/mol. The molecule has 0 heterocycles. The van der Waals surface area contributed by atoms with E-state index >= 15 is 0 Å². The fourth-order valence-corrected chi connectivity index (χ4v) is 3.81. The topological polar surface area (TPSA) is 63.4 Å². The molecule has 1 aromatic carbocycles. The largest absolute Gasteiger partial charge is 0.399 e. The van der Waals surface area contributed by atoms with Gasteiger partial charge in [0.15, 0.2) is 0 Å². The first kappa shape index (κ1) is 15.3. The van der Waals surface area contributed by atoms with Crippen LogP contribution >= 0.6 is 11.6 Å². The Kier molecular flexibility index (Phi) is 5.01. The molecule has 0 radical (unpaired) electrons. The lowest BCUT2D eigenvalue weighted by molar-refractivity contribution is 0.381. The summed E-state index contributed by atoms with van der Waals surface area (Å²) >= 11 is 5.97. The number of rotatable bonds is 5. The molecule has 0 unspecified atom stereocenters. The maximum atomic E-state index is 12.4. The summed E-state index contributed by atoms with van der Waals surface area (Å²) in [4.78, 5) is 0.112. The molecule has 0 aliphatic carbocycles. The minimum Gasteiger partial charge on any atom is -0.399 e. The molecule has 2 N–H and O–H groups in total. The van der Waals surface area contributed by atoms with Crippen molar-refractivity contribution in [1.29, 1.82) is 0 Å². The van der Waals surface area contributed by atoms with Gasteiger partial charge in [0, 0.05) is 18.8 Å². The maximum absolute atomic E-state index is 12.4. The van der Waals surface area contributed by atoms with Gasteiger partial charge in [0.1, 0.15) is 4.90 Å². The van der Waals surface area contributed by atoms with Gasteiger partial charge in [-0.2, -0.15) is 4.31 Å². The summed E-state index contributed by atoms with van der Waals surface area (Å²) in [6, 6.07) is 4.45.